The minimum Gasteiger partial charge on any atom is -0.481 e. The molecule has 2 atom stereocenters. The van der Waals surface area contributed by atoms with Gasteiger partial charge in [-0.3, -0.25) is 14.8 Å². The van der Waals surface area contributed by atoms with Crippen molar-refractivity contribution in [3.05, 3.63) is 11.8 Å². The number of carbonyl (C=O) groups excluding carboxylic acids is 1. The molecule has 3 rings (SSSR count). The largest absolute Gasteiger partial charge is 0.481 e. The average Bonchev–Trinajstić information content (AvgIpc) is 3.31. The number of amides is 2. The number of carbonyl (C=O) groups is 2. The van der Waals surface area contributed by atoms with E-state index in [4.69, 9.17) is 5.11 Å². The number of anilines is 1. The van der Waals surface area contributed by atoms with Crippen LogP contribution in [0.3, 0.4) is 0 Å². The Balaban J connectivity index is 1.63. The number of urea groups is 1. The number of rotatable bonds is 4. The number of nitrogens with one attached hydrogen (secondary N) is 1. The lowest BCUT2D eigenvalue weighted by Crippen LogP contribution is -2.44. The van der Waals surface area contributed by atoms with Crippen LogP contribution in [-0.4, -0.2) is 44.9 Å². The van der Waals surface area contributed by atoms with Gasteiger partial charge in [0, 0.05) is 24.8 Å². The van der Waals surface area contributed by atoms with Crippen LogP contribution in [0.2, 0.25) is 0 Å². The number of hydrogen-bond acceptors (Lipinski definition) is 3. The number of carboxylic acids is 1. The molecule has 2 aliphatic rings. The molecule has 0 radical (unpaired) electrons. The molecule has 2 N–H and O–H groups in total. The van der Waals surface area contributed by atoms with Crippen LogP contribution >= 0.6 is 0 Å². The third kappa shape index (κ3) is 3.48. The van der Waals surface area contributed by atoms with Crippen molar-refractivity contribution in [2.24, 2.45) is 11.8 Å². The topological polar surface area (TPSA) is 87.5 Å². The van der Waals surface area contributed by atoms with E-state index in [1.807, 2.05) is 17.7 Å². The molecule has 7 heteroatoms. The van der Waals surface area contributed by atoms with Crippen molar-refractivity contribution in [3.63, 3.8) is 0 Å². The molecule has 0 spiro atoms. The molecular weight excluding hydrogens is 296 g/mol. The minimum absolute atomic E-state index is 0.263. The summed E-state index contributed by atoms with van der Waals surface area (Å²) in [6.45, 7) is 5.00. The number of aromatic nitrogens is 2. The van der Waals surface area contributed by atoms with E-state index in [2.05, 4.69) is 17.3 Å². The fourth-order valence-corrected chi connectivity index (χ4v) is 3.29. The van der Waals surface area contributed by atoms with Crippen molar-refractivity contribution >= 4 is 17.8 Å². The molecule has 1 saturated carbocycles. The van der Waals surface area contributed by atoms with E-state index in [1.54, 1.807) is 4.90 Å². The average molecular weight is 320 g/mol. The maximum Gasteiger partial charge on any atom is 0.323 e. The Labute approximate surface area is 135 Å². The van der Waals surface area contributed by atoms with Crippen molar-refractivity contribution in [2.75, 3.05) is 18.4 Å². The lowest BCUT2D eigenvalue weighted by atomic mass is 9.99. The zero-order valence-corrected chi connectivity index (χ0v) is 13.7. The maximum atomic E-state index is 12.3. The van der Waals surface area contributed by atoms with Gasteiger partial charge in [0.05, 0.1) is 12.0 Å². The SMILES string of the molecule is Cc1cc(NC(=O)N2CCCC(C(=O)O)C2)nn1C(C)C1CC1. The molecular formula is C16H24N4O3. The summed E-state index contributed by atoms with van der Waals surface area (Å²) in [7, 11) is 0. The van der Waals surface area contributed by atoms with Gasteiger partial charge in [-0.05, 0) is 45.4 Å². The van der Waals surface area contributed by atoms with Gasteiger partial charge >= 0.3 is 12.0 Å². The van der Waals surface area contributed by atoms with Crippen LogP contribution in [0.1, 0.15) is 44.3 Å². The third-order valence-corrected chi connectivity index (χ3v) is 4.91. The van der Waals surface area contributed by atoms with Crippen LogP contribution < -0.4 is 5.32 Å². The van der Waals surface area contributed by atoms with Crippen molar-refractivity contribution in [1.29, 1.82) is 0 Å². The zero-order chi connectivity index (χ0) is 16.6. The van der Waals surface area contributed by atoms with Gasteiger partial charge in [0.1, 0.15) is 0 Å². The van der Waals surface area contributed by atoms with Crippen LogP contribution in [-0.2, 0) is 4.79 Å². The normalized spacial score (nSPS) is 22.7. The van der Waals surface area contributed by atoms with Crippen LogP contribution in [0.5, 0.6) is 0 Å². The smallest absolute Gasteiger partial charge is 0.323 e. The molecule has 0 bridgehead atoms. The van der Waals surface area contributed by atoms with Gasteiger partial charge < -0.3 is 10.0 Å². The highest BCUT2D eigenvalue weighted by molar-refractivity contribution is 5.88. The number of aryl methyl sites for hydroxylation is 1. The van der Waals surface area contributed by atoms with Gasteiger partial charge in [0.15, 0.2) is 5.82 Å². The predicted molar refractivity (Wildman–Crippen MR) is 85.4 cm³/mol. The van der Waals surface area contributed by atoms with Gasteiger partial charge in [-0.15, -0.1) is 0 Å². The summed E-state index contributed by atoms with van der Waals surface area (Å²) < 4.78 is 1.98. The fourth-order valence-electron chi connectivity index (χ4n) is 3.29. The Bertz CT molecular complexity index is 608. The first-order chi connectivity index (χ1) is 11.0. The van der Waals surface area contributed by atoms with Crippen LogP contribution in [0, 0.1) is 18.8 Å². The van der Waals surface area contributed by atoms with E-state index in [9.17, 15) is 9.59 Å². The highest BCUT2D eigenvalue weighted by Crippen LogP contribution is 2.39. The molecule has 126 valence electrons. The summed E-state index contributed by atoms with van der Waals surface area (Å²) >= 11 is 0. The minimum atomic E-state index is -0.833. The van der Waals surface area contributed by atoms with Gasteiger partial charge in [-0.25, -0.2) is 4.79 Å². The molecule has 1 aliphatic heterocycles. The number of carboxylic acid groups (broad SMARTS) is 1. The first kappa shape index (κ1) is 15.8. The Kier molecular flexibility index (Phi) is 4.28. The fraction of sp³-hybridized carbons (Fsp3) is 0.688. The first-order valence-corrected chi connectivity index (χ1v) is 8.30. The quantitative estimate of drug-likeness (QED) is 0.892. The Morgan fingerprint density at radius 3 is 2.78 bits per heavy atom. The summed E-state index contributed by atoms with van der Waals surface area (Å²) in [5, 5.41) is 16.4. The molecule has 2 heterocycles. The van der Waals surface area contributed by atoms with Crippen molar-refractivity contribution < 1.29 is 14.7 Å². The molecule has 0 aromatic carbocycles. The second kappa shape index (κ2) is 6.22. The van der Waals surface area contributed by atoms with Crippen LogP contribution in [0.25, 0.3) is 0 Å². The Hall–Kier alpha value is -2.05. The van der Waals surface area contributed by atoms with Gasteiger partial charge in [0.2, 0.25) is 0 Å². The molecule has 1 aromatic heterocycles. The molecule has 1 aliphatic carbocycles. The highest BCUT2D eigenvalue weighted by atomic mass is 16.4. The van der Waals surface area contributed by atoms with Crippen LogP contribution in [0.4, 0.5) is 10.6 Å². The lowest BCUT2D eigenvalue weighted by molar-refractivity contribution is -0.143. The molecule has 2 fully saturated rings. The summed E-state index contributed by atoms with van der Waals surface area (Å²) in [6, 6.07) is 1.96. The van der Waals surface area contributed by atoms with E-state index in [0.717, 1.165) is 12.1 Å². The summed E-state index contributed by atoms with van der Waals surface area (Å²) in [4.78, 5) is 25.0. The van der Waals surface area contributed by atoms with E-state index in [1.165, 1.54) is 12.8 Å². The second-order valence-electron chi connectivity index (χ2n) is 6.75. The lowest BCUT2D eigenvalue weighted by Gasteiger charge is -2.30. The molecule has 23 heavy (non-hydrogen) atoms. The van der Waals surface area contributed by atoms with Crippen LogP contribution in [0.15, 0.2) is 6.07 Å². The van der Waals surface area contributed by atoms with Crippen molar-refractivity contribution in [2.45, 2.75) is 45.6 Å². The number of piperidine rings is 1. The van der Waals surface area contributed by atoms with Crippen molar-refractivity contribution in [1.82, 2.24) is 14.7 Å². The number of aliphatic carboxylic acids is 1. The number of nitrogens with zero attached hydrogens (tertiary/aromatic N) is 3. The highest BCUT2D eigenvalue weighted by Gasteiger charge is 2.31. The zero-order valence-electron chi connectivity index (χ0n) is 13.7. The summed E-state index contributed by atoms with van der Waals surface area (Å²) in [5.74, 6) is -0.0717. The number of hydrogen-bond donors (Lipinski definition) is 2. The van der Waals surface area contributed by atoms with E-state index in [-0.39, 0.29) is 12.6 Å². The predicted octanol–water partition coefficient (Wildman–Crippen LogP) is 2.49. The van der Waals surface area contributed by atoms with E-state index >= 15 is 0 Å². The maximum absolute atomic E-state index is 12.3. The Morgan fingerprint density at radius 2 is 2.13 bits per heavy atom. The molecule has 7 nitrogen and oxygen atoms in total. The molecule has 1 aromatic rings. The number of likely N-dealkylation sites (tertiary alicyclic amines) is 1. The standard InChI is InChI=1S/C16H24N4O3/c1-10-8-14(18-20(10)11(2)12-5-6-12)17-16(23)19-7-3-4-13(9-19)15(21)22/h8,11-13H,3-7,9H2,1-2H3,(H,21,22)(H,17,18,23). The van der Waals surface area contributed by atoms with Gasteiger partial charge in [-0.2, -0.15) is 5.10 Å². The molecule has 2 unspecified atom stereocenters. The third-order valence-electron chi connectivity index (χ3n) is 4.91. The first-order valence-electron chi connectivity index (χ1n) is 8.30. The summed E-state index contributed by atoms with van der Waals surface area (Å²) in [6.07, 6.45) is 3.83. The van der Waals surface area contributed by atoms with Crippen molar-refractivity contribution in [3.8, 4) is 0 Å². The van der Waals surface area contributed by atoms with Gasteiger partial charge in [-0.1, -0.05) is 0 Å². The Morgan fingerprint density at radius 1 is 1.39 bits per heavy atom. The van der Waals surface area contributed by atoms with Gasteiger partial charge in [0.25, 0.3) is 0 Å². The monoisotopic (exact) mass is 320 g/mol. The second-order valence-corrected chi connectivity index (χ2v) is 6.75. The van der Waals surface area contributed by atoms with E-state index in [0.29, 0.717) is 30.7 Å². The molecule has 1 saturated heterocycles. The molecule has 2 amide bonds. The summed E-state index contributed by atoms with van der Waals surface area (Å²) in [5.41, 5.74) is 1.03. The van der Waals surface area contributed by atoms with E-state index < -0.39 is 11.9 Å².